The molecule has 0 saturated carbocycles. The molecular formula is C58H104O5. The molecule has 0 heterocycles. The first-order valence-corrected chi connectivity index (χ1v) is 27.3. The summed E-state index contributed by atoms with van der Waals surface area (Å²) in [5.74, 6) is -0.577. The van der Waals surface area contributed by atoms with Crippen LogP contribution in [0.1, 0.15) is 277 Å². The van der Waals surface area contributed by atoms with Crippen molar-refractivity contribution in [2.75, 3.05) is 13.2 Å². The van der Waals surface area contributed by atoms with E-state index in [-0.39, 0.29) is 25.2 Å². The molecule has 0 fully saturated rings. The molecule has 0 bridgehead atoms. The van der Waals surface area contributed by atoms with Gasteiger partial charge in [-0.2, -0.15) is 0 Å². The molecule has 0 aliphatic heterocycles. The van der Waals surface area contributed by atoms with E-state index in [4.69, 9.17) is 9.47 Å². The highest BCUT2D eigenvalue weighted by molar-refractivity contribution is 5.70. The summed E-state index contributed by atoms with van der Waals surface area (Å²) >= 11 is 0. The topological polar surface area (TPSA) is 72.8 Å². The van der Waals surface area contributed by atoms with E-state index >= 15 is 0 Å². The first-order chi connectivity index (χ1) is 31.1. The van der Waals surface area contributed by atoms with Gasteiger partial charge in [0.05, 0.1) is 6.61 Å². The van der Waals surface area contributed by atoms with E-state index in [2.05, 4.69) is 74.6 Å². The normalized spacial score (nSPS) is 12.6. The van der Waals surface area contributed by atoms with Crippen molar-refractivity contribution in [2.24, 2.45) is 0 Å². The number of aliphatic hydroxyl groups excluding tert-OH is 1. The molecule has 1 N–H and O–H groups in total. The van der Waals surface area contributed by atoms with Crippen molar-refractivity contribution in [3.8, 4) is 0 Å². The van der Waals surface area contributed by atoms with Gasteiger partial charge in [-0.15, -0.1) is 0 Å². The van der Waals surface area contributed by atoms with Crippen molar-refractivity contribution in [1.82, 2.24) is 0 Å². The Balaban J connectivity index is 3.45. The fraction of sp³-hybridized carbons (Fsp3) is 0.793. The van der Waals surface area contributed by atoms with Crippen LogP contribution in [0.25, 0.3) is 0 Å². The van der Waals surface area contributed by atoms with Crippen molar-refractivity contribution in [3.05, 3.63) is 60.8 Å². The van der Waals surface area contributed by atoms with E-state index in [1.807, 2.05) is 0 Å². The summed E-state index contributed by atoms with van der Waals surface area (Å²) < 4.78 is 10.7. The number of hydrogen-bond acceptors (Lipinski definition) is 5. The van der Waals surface area contributed by atoms with Gasteiger partial charge in [-0.3, -0.25) is 9.59 Å². The lowest BCUT2D eigenvalue weighted by Gasteiger charge is -2.15. The van der Waals surface area contributed by atoms with Crippen LogP contribution < -0.4 is 0 Å². The maximum atomic E-state index is 12.3. The van der Waals surface area contributed by atoms with Gasteiger partial charge in [0, 0.05) is 12.8 Å². The molecule has 0 aliphatic rings. The average molecular weight is 881 g/mol. The molecule has 0 rings (SSSR count). The van der Waals surface area contributed by atoms with Crippen LogP contribution in [-0.2, 0) is 19.1 Å². The predicted molar refractivity (Wildman–Crippen MR) is 274 cm³/mol. The van der Waals surface area contributed by atoms with Gasteiger partial charge in [0.25, 0.3) is 0 Å². The van der Waals surface area contributed by atoms with Crippen LogP contribution in [-0.4, -0.2) is 36.4 Å². The third kappa shape index (κ3) is 52.1. The molecule has 0 aromatic rings. The molecule has 1 atom stereocenters. The van der Waals surface area contributed by atoms with Crippen LogP contribution in [0.3, 0.4) is 0 Å². The number of carbonyl (C=O) groups is 2. The molecule has 63 heavy (non-hydrogen) atoms. The highest BCUT2D eigenvalue weighted by Gasteiger charge is 2.16. The Morgan fingerprint density at radius 1 is 0.381 bits per heavy atom. The van der Waals surface area contributed by atoms with E-state index in [1.165, 1.54) is 180 Å². The summed E-state index contributed by atoms with van der Waals surface area (Å²) in [5.41, 5.74) is 0. The molecule has 5 nitrogen and oxygen atoms in total. The number of ether oxygens (including phenoxy) is 2. The number of allylic oxidation sites excluding steroid dienone is 10. The van der Waals surface area contributed by atoms with Gasteiger partial charge in [-0.05, 0) is 57.8 Å². The van der Waals surface area contributed by atoms with Crippen LogP contribution in [0.15, 0.2) is 60.8 Å². The SMILES string of the molecule is CC/C=C\C/C=C\C/C=C\C/C=C\C/C=C\CCCCCCCCCCCCCCCCCCCC(=O)OC(CO)COC(=O)CCCCCCCCCCCCCCCCCC. The smallest absolute Gasteiger partial charge is 0.306 e. The van der Waals surface area contributed by atoms with Crippen molar-refractivity contribution < 1.29 is 24.2 Å². The lowest BCUT2D eigenvalue weighted by molar-refractivity contribution is -0.161. The first-order valence-electron chi connectivity index (χ1n) is 27.3. The van der Waals surface area contributed by atoms with Crippen molar-refractivity contribution in [2.45, 2.75) is 283 Å². The molecule has 0 radical (unpaired) electrons. The van der Waals surface area contributed by atoms with Crippen molar-refractivity contribution in [3.63, 3.8) is 0 Å². The van der Waals surface area contributed by atoms with E-state index < -0.39 is 6.10 Å². The number of unbranched alkanes of at least 4 members (excludes halogenated alkanes) is 32. The van der Waals surface area contributed by atoms with E-state index in [0.29, 0.717) is 12.8 Å². The van der Waals surface area contributed by atoms with Crippen LogP contribution in [0.4, 0.5) is 0 Å². The molecule has 0 saturated heterocycles. The number of hydrogen-bond donors (Lipinski definition) is 1. The van der Waals surface area contributed by atoms with E-state index in [0.717, 1.165) is 70.6 Å². The fourth-order valence-electron chi connectivity index (χ4n) is 8.00. The summed E-state index contributed by atoms with van der Waals surface area (Å²) in [6, 6.07) is 0. The molecule has 5 heteroatoms. The Bertz CT molecular complexity index is 1090. The number of esters is 2. The Labute approximate surface area is 391 Å². The number of aliphatic hydroxyl groups is 1. The molecule has 366 valence electrons. The highest BCUT2D eigenvalue weighted by atomic mass is 16.6. The first kappa shape index (κ1) is 60.6. The Hall–Kier alpha value is -2.40. The number of carbonyl (C=O) groups excluding carboxylic acids is 2. The summed E-state index contributed by atoms with van der Waals surface area (Å²) in [6.07, 6.45) is 71.9. The van der Waals surface area contributed by atoms with Crippen LogP contribution in [0.5, 0.6) is 0 Å². The Kier molecular flexibility index (Phi) is 51.9. The third-order valence-corrected chi connectivity index (χ3v) is 12.1. The van der Waals surface area contributed by atoms with Gasteiger partial charge >= 0.3 is 11.9 Å². The molecule has 0 aromatic carbocycles. The number of rotatable bonds is 50. The Morgan fingerprint density at radius 3 is 1.03 bits per heavy atom. The highest BCUT2D eigenvalue weighted by Crippen LogP contribution is 2.17. The maximum absolute atomic E-state index is 12.3. The van der Waals surface area contributed by atoms with Gasteiger partial charge < -0.3 is 14.6 Å². The average Bonchev–Trinajstić information content (AvgIpc) is 3.29. The molecular weight excluding hydrogens is 777 g/mol. The van der Waals surface area contributed by atoms with Gasteiger partial charge in [0.15, 0.2) is 6.10 Å². The lowest BCUT2D eigenvalue weighted by Crippen LogP contribution is -2.28. The van der Waals surface area contributed by atoms with Gasteiger partial charge in [0.2, 0.25) is 0 Å². The van der Waals surface area contributed by atoms with Crippen LogP contribution in [0.2, 0.25) is 0 Å². The minimum absolute atomic E-state index is 0.0617. The van der Waals surface area contributed by atoms with E-state index in [9.17, 15) is 14.7 Å². The van der Waals surface area contributed by atoms with Crippen LogP contribution in [0, 0.1) is 0 Å². The van der Waals surface area contributed by atoms with Crippen LogP contribution >= 0.6 is 0 Å². The molecule has 1 unspecified atom stereocenters. The summed E-state index contributed by atoms with van der Waals surface area (Å²) in [6.45, 7) is 4.06. The third-order valence-electron chi connectivity index (χ3n) is 12.1. The predicted octanol–water partition coefficient (Wildman–Crippen LogP) is 18.2. The quantitative estimate of drug-likeness (QED) is 0.0374. The monoisotopic (exact) mass is 881 g/mol. The van der Waals surface area contributed by atoms with Gasteiger partial charge in [0.1, 0.15) is 6.61 Å². The lowest BCUT2D eigenvalue weighted by atomic mass is 10.0. The zero-order valence-corrected chi connectivity index (χ0v) is 41.8. The maximum Gasteiger partial charge on any atom is 0.306 e. The second-order valence-corrected chi connectivity index (χ2v) is 18.3. The Morgan fingerprint density at radius 2 is 0.683 bits per heavy atom. The van der Waals surface area contributed by atoms with Gasteiger partial charge in [-0.25, -0.2) is 0 Å². The van der Waals surface area contributed by atoms with Crippen molar-refractivity contribution in [1.29, 1.82) is 0 Å². The summed E-state index contributed by atoms with van der Waals surface area (Å²) in [4.78, 5) is 24.5. The second kappa shape index (κ2) is 53.9. The minimum Gasteiger partial charge on any atom is -0.462 e. The van der Waals surface area contributed by atoms with E-state index in [1.54, 1.807) is 0 Å². The fourth-order valence-corrected chi connectivity index (χ4v) is 8.00. The molecule has 0 aromatic heterocycles. The van der Waals surface area contributed by atoms with Crippen molar-refractivity contribution >= 4 is 11.9 Å². The largest absolute Gasteiger partial charge is 0.462 e. The second-order valence-electron chi connectivity index (χ2n) is 18.3. The van der Waals surface area contributed by atoms with Gasteiger partial charge in [-0.1, -0.05) is 267 Å². The minimum atomic E-state index is -0.770. The zero-order valence-electron chi connectivity index (χ0n) is 41.8. The molecule has 0 spiro atoms. The standard InChI is InChI=1S/C58H104O5/c1-3-5-7-9-11-13-15-17-19-21-22-23-24-25-26-27-28-29-30-31-32-33-34-35-36-37-39-41-43-45-47-49-51-53-58(61)63-56(54-59)55-62-57(60)52-50-48-46-44-42-40-38-20-18-16-14-12-10-8-6-4-2/h5,7,11,13,17,19,22-23,25-26,56,59H,3-4,6,8-10,12,14-16,18,20-21,24,27-55H2,1-2H3/b7-5-,13-11-,19-17-,23-22-,26-25-. The molecule has 0 aliphatic carbocycles. The zero-order chi connectivity index (χ0) is 45.6. The summed E-state index contributed by atoms with van der Waals surface area (Å²) in [5, 5.41) is 9.63. The summed E-state index contributed by atoms with van der Waals surface area (Å²) in [7, 11) is 0. The molecule has 0 amide bonds.